The zero-order valence-corrected chi connectivity index (χ0v) is 10.3. The maximum atomic E-state index is 4.99. The molecule has 0 saturated carbocycles. The molecule has 94 valence electrons. The van der Waals surface area contributed by atoms with Crippen LogP contribution < -0.4 is 9.72 Å². The molecule has 0 aliphatic heterocycles. The number of methoxy groups -OCH3 is 1. The highest BCUT2D eigenvalue weighted by atomic mass is 16.5. The minimum absolute atomic E-state index is 0.452. The predicted molar refractivity (Wildman–Crippen MR) is 68.2 cm³/mol. The molecule has 0 aliphatic rings. The molecule has 0 aliphatic carbocycles. The van der Waals surface area contributed by atoms with Gasteiger partial charge in [-0.2, -0.15) is 15.4 Å². The predicted octanol–water partition coefficient (Wildman–Crippen LogP) is 1.36. The molecule has 6 heteroatoms. The minimum Gasteiger partial charge on any atom is -0.432 e. The van der Waals surface area contributed by atoms with Gasteiger partial charge in [0.2, 0.25) is 0 Å². The number of hydrogen-bond donors (Lipinski definition) is 1. The highest BCUT2D eigenvalue weighted by Gasteiger charge is 2.15. The third-order valence-electron chi connectivity index (χ3n) is 2.73. The molecule has 0 fully saturated rings. The lowest BCUT2D eigenvalue weighted by Gasteiger charge is -1.98. The Morgan fingerprint density at radius 3 is 2.42 bits per heavy atom. The third kappa shape index (κ3) is 2.15. The van der Waals surface area contributed by atoms with Crippen molar-refractivity contribution in [2.24, 2.45) is 0 Å². The highest BCUT2D eigenvalue weighted by Crippen LogP contribution is 2.26. The molecule has 0 spiro atoms. The minimum atomic E-state index is 0.452. The summed E-state index contributed by atoms with van der Waals surface area (Å²) in [6.07, 6.45) is 3.48. The quantitative estimate of drug-likeness (QED) is 0.765. The van der Waals surface area contributed by atoms with Gasteiger partial charge >= 0.3 is 6.01 Å². The van der Waals surface area contributed by atoms with Crippen LogP contribution in [0, 0.1) is 0 Å². The van der Waals surface area contributed by atoms with E-state index in [9.17, 15) is 0 Å². The van der Waals surface area contributed by atoms with Crippen LogP contribution in [0.25, 0.3) is 22.5 Å². The summed E-state index contributed by atoms with van der Waals surface area (Å²) >= 11 is 0. The molecule has 2 heterocycles. The second-order valence-electron chi connectivity index (χ2n) is 3.90. The number of benzene rings is 1. The maximum Gasteiger partial charge on any atom is 0.495 e. The van der Waals surface area contributed by atoms with Crippen molar-refractivity contribution >= 4 is 0 Å². The van der Waals surface area contributed by atoms with Gasteiger partial charge in [-0.3, -0.25) is 0 Å². The molecular weight excluding hydrogens is 242 g/mol. The number of rotatable bonds is 3. The van der Waals surface area contributed by atoms with E-state index in [0.717, 1.165) is 22.5 Å². The summed E-state index contributed by atoms with van der Waals surface area (Å²) in [6.45, 7) is 0. The van der Waals surface area contributed by atoms with Crippen LogP contribution in [0.2, 0.25) is 0 Å². The molecule has 2 aromatic heterocycles. The largest absolute Gasteiger partial charge is 0.495 e. The zero-order chi connectivity index (χ0) is 13.1. The van der Waals surface area contributed by atoms with Gasteiger partial charge in [0, 0.05) is 5.56 Å². The first-order valence-electron chi connectivity index (χ1n) is 5.77. The molecule has 0 radical (unpaired) electrons. The lowest BCUT2D eigenvalue weighted by molar-refractivity contribution is -0.397. The number of aromatic nitrogens is 5. The summed E-state index contributed by atoms with van der Waals surface area (Å²) in [5.74, 6) is 0. The average Bonchev–Trinajstić information content (AvgIpc) is 2.98. The topological polar surface area (TPSA) is 77.8 Å². The summed E-state index contributed by atoms with van der Waals surface area (Å²) in [6, 6.07) is 10.3. The summed E-state index contributed by atoms with van der Waals surface area (Å²) < 4.78 is 4.99. The van der Waals surface area contributed by atoms with E-state index < -0.39 is 0 Å². The summed E-state index contributed by atoms with van der Waals surface area (Å²) in [7, 11) is 1.56. The summed E-state index contributed by atoms with van der Waals surface area (Å²) in [5, 5.41) is 11.0. The molecule has 3 rings (SSSR count). The summed E-state index contributed by atoms with van der Waals surface area (Å²) in [5.41, 5.74) is 3.38. The average molecular weight is 254 g/mol. The van der Waals surface area contributed by atoms with Crippen LogP contribution in [0.5, 0.6) is 6.01 Å². The maximum absolute atomic E-state index is 4.99. The summed E-state index contributed by atoms with van der Waals surface area (Å²) in [4.78, 5) is 7.07. The monoisotopic (exact) mass is 254 g/mol. The lowest BCUT2D eigenvalue weighted by atomic mass is 10.1. The number of nitrogens with one attached hydrogen (secondary N) is 2. The van der Waals surface area contributed by atoms with Crippen molar-refractivity contribution in [3.05, 3.63) is 42.7 Å². The van der Waals surface area contributed by atoms with Gasteiger partial charge in [-0.15, -0.1) is 0 Å². The smallest absolute Gasteiger partial charge is 0.432 e. The number of hydrogen-bond acceptors (Lipinski definition) is 4. The number of nitrogens with zero attached hydrogens (tertiary/aromatic N) is 3. The normalized spacial score (nSPS) is 10.4. The molecule has 1 aromatic carbocycles. The molecule has 6 nitrogen and oxygen atoms in total. The van der Waals surface area contributed by atoms with E-state index in [4.69, 9.17) is 4.74 Å². The van der Waals surface area contributed by atoms with Gasteiger partial charge < -0.3 is 4.74 Å². The van der Waals surface area contributed by atoms with Crippen molar-refractivity contribution in [3.8, 4) is 28.5 Å². The van der Waals surface area contributed by atoms with Crippen molar-refractivity contribution in [2.45, 2.75) is 0 Å². The molecular formula is C13H12N5O+. The molecule has 0 atom stereocenters. The van der Waals surface area contributed by atoms with Crippen LogP contribution in [0.4, 0.5) is 0 Å². The van der Waals surface area contributed by atoms with Crippen molar-refractivity contribution in [1.29, 1.82) is 0 Å². The van der Waals surface area contributed by atoms with Crippen LogP contribution in [0.1, 0.15) is 0 Å². The first-order chi connectivity index (χ1) is 9.38. The SMILES string of the molecule is COc1ncc(-c2n[nH]nc2-c2ccccc2)c[nH+]1. The molecule has 19 heavy (non-hydrogen) atoms. The van der Waals surface area contributed by atoms with E-state index in [2.05, 4.69) is 25.4 Å². The van der Waals surface area contributed by atoms with Crippen LogP contribution in [-0.2, 0) is 0 Å². The molecule has 3 aromatic rings. The van der Waals surface area contributed by atoms with E-state index >= 15 is 0 Å². The molecule has 0 saturated heterocycles. The lowest BCUT2D eigenvalue weighted by Crippen LogP contribution is -2.09. The fourth-order valence-electron chi connectivity index (χ4n) is 1.81. The van der Waals surface area contributed by atoms with Gasteiger partial charge in [0.05, 0.1) is 12.7 Å². The molecule has 0 amide bonds. The van der Waals surface area contributed by atoms with Crippen LogP contribution >= 0.6 is 0 Å². The Labute approximate surface area is 109 Å². The number of ether oxygens (including phenoxy) is 1. The molecule has 2 N–H and O–H groups in total. The Kier molecular flexibility index (Phi) is 2.89. The van der Waals surface area contributed by atoms with E-state index in [-0.39, 0.29) is 0 Å². The van der Waals surface area contributed by atoms with Gasteiger partial charge in [-0.1, -0.05) is 30.3 Å². The Morgan fingerprint density at radius 2 is 1.79 bits per heavy atom. The molecule has 0 unspecified atom stereocenters. The Morgan fingerprint density at radius 1 is 1.05 bits per heavy atom. The first-order valence-corrected chi connectivity index (χ1v) is 5.77. The van der Waals surface area contributed by atoms with Gasteiger partial charge in [-0.05, 0) is 4.98 Å². The Balaban J connectivity index is 2.04. The van der Waals surface area contributed by atoms with Gasteiger partial charge in [0.25, 0.3) is 0 Å². The Hall–Kier alpha value is -2.76. The fourth-order valence-corrected chi connectivity index (χ4v) is 1.81. The van der Waals surface area contributed by atoms with E-state index in [1.54, 1.807) is 19.5 Å². The number of aromatic amines is 2. The van der Waals surface area contributed by atoms with E-state index in [1.165, 1.54) is 0 Å². The second-order valence-corrected chi connectivity index (χ2v) is 3.90. The fraction of sp³-hybridized carbons (Fsp3) is 0.0769. The van der Waals surface area contributed by atoms with E-state index in [0.29, 0.717) is 6.01 Å². The zero-order valence-electron chi connectivity index (χ0n) is 10.3. The van der Waals surface area contributed by atoms with Gasteiger partial charge in [-0.25, -0.2) is 4.98 Å². The van der Waals surface area contributed by atoms with Gasteiger partial charge in [0.15, 0.2) is 6.20 Å². The van der Waals surface area contributed by atoms with Crippen LogP contribution in [0.3, 0.4) is 0 Å². The Bertz CT molecular complexity index is 663. The highest BCUT2D eigenvalue weighted by molar-refractivity contribution is 5.76. The first kappa shape index (κ1) is 11.3. The van der Waals surface area contributed by atoms with E-state index in [1.807, 2.05) is 30.3 Å². The van der Waals surface area contributed by atoms with Crippen LogP contribution in [-0.4, -0.2) is 27.5 Å². The second kappa shape index (κ2) is 4.85. The van der Waals surface area contributed by atoms with Crippen molar-refractivity contribution in [3.63, 3.8) is 0 Å². The standard InChI is InChI=1S/C13H11N5O/c1-19-13-14-7-10(8-15-13)12-11(16-18-17-12)9-5-3-2-4-6-9/h2-8H,1H3,(H,16,17,18)/p+1. The van der Waals surface area contributed by atoms with Crippen molar-refractivity contribution < 1.29 is 9.72 Å². The molecule has 0 bridgehead atoms. The van der Waals surface area contributed by atoms with Gasteiger partial charge in [0.1, 0.15) is 17.6 Å². The van der Waals surface area contributed by atoms with Crippen LogP contribution in [0.15, 0.2) is 42.7 Å². The third-order valence-corrected chi connectivity index (χ3v) is 2.73. The van der Waals surface area contributed by atoms with Crippen molar-refractivity contribution in [2.75, 3.05) is 7.11 Å². The number of H-pyrrole nitrogens is 2. The van der Waals surface area contributed by atoms with Crippen molar-refractivity contribution in [1.82, 2.24) is 20.4 Å².